The van der Waals surface area contributed by atoms with E-state index in [0.29, 0.717) is 6.61 Å². The summed E-state index contributed by atoms with van der Waals surface area (Å²) in [7, 11) is 2.28. The highest BCUT2D eigenvalue weighted by Crippen LogP contribution is 2.20. The van der Waals surface area contributed by atoms with Gasteiger partial charge in [-0.1, -0.05) is 32.1 Å². The molecule has 1 aliphatic carbocycles. The number of unbranched alkanes of at least 4 members (excludes halogenated alkanes) is 2. The van der Waals surface area contributed by atoms with Crippen molar-refractivity contribution >= 4 is 0 Å². The summed E-state index contributed by atoms with van der Waals surface area (Å²) in [5.74, 6) is 0. The molecule has 1 rings (SSSR count). The Balaban J connectivity index is 2.14. The van der Waals surface area contributed by atoms with Gasteiger partial charge in [-0.05, 0) is 45.7 Å². The Kier molecular flexibility index (Phi) is 7.87. The number of nitrogens with zero attached hydrogens (tertiary/aromatic N) is 1. The number of hydrogen-bond donors (Lipinski definition) is 1. The Bertz CT molecular complexity index is 153. The van der Waals surface area contributed by atoms with Crippen LogP contribution in [-0.4, -0.2) is 36.2 Å². The molecule has 0 amide bonds. The minimum atomic E-state index is 0.354. The molecule has 0 unspecified atom stereocenters. The molecular weight excluding hydrogens is 198 g/mol. The number of aliphatic hydroxyl groups is 1. The lowest BCUT2D eigenvalue weighted by atomic mass is 9.96. The van der Waals surface area contributed by atoms with E-state index in [9.17, 15) is 0 Å². The van der Waals surface area contributed by atoms with Gasteiger partial charge in [0.25, 0.3) is 0 Å². The fourth-order valence-corrected chi connectivity index (χ4v) is 2.71. The van der Waals surface area contributed by atoms with Crippen molar-refractivity contribution in [2.45, 2.75) is 70.3 Å². The second-order valence-electron chi connectivity index (χ2n) is 5.26. The first-order valence-corrected chi connectivity index (χ1v) is 7.15. The average Bonchev–Trinajstić information content (AvgIpc) is 2.23. The van der Waals surface area contributed by atoms with E-state index < -0.39 is 0 Å². The van der Waals surface area contributed by atoms with E-state index in [0.717, 1.165) is 12.5 Å². The molecule has 0 saturated heterocycles. The smallest absolute Gasteiger partial charge is 0.0431 e. The molecule has 1 fully saturated rings. The van der Waals surface area contributed by atoms with Crippen molar-refractivity contribution in [3.63, 3.8) is 0 Å². The lowest BCUT2D eigenvalue weighted by Crippen LogP contribution is -2.33. The predicted molar refractivity (Wildman–Crippen MR) is 69.7 cm³/mol. The first-order valence-electron chi connectivity index (χ1n) is 7.15. The van der Waals surface area contributed by atoms with Crippen molar-refractivity contribution in [1.82, 2.24) is 4.90 Å². The van der Waals surface area contributed by atoms with Crippen LogP contribution in [-0.2, 0) is 0 Å². The monoisotopic (exact) mass is 227 g/mol. The second kappa shape index (κ2) is 9.00. The maximum Gasteiger partial charge on any atom is 0.0431 e. The third-order valence-electron chi connectivity index (χ3n) is 3.87. The van der Waals surface area contributed by atoms with Crippen LogP contribution in [0.15, 0.2) is 0 Å². The van der Waals surface area contributed by atoms with Crippen LogP contribution in [0.4, 0.5) is 0 Å². The van der Waals surface area contributed by atoms with Crippen LogP contribution in [0.25, 0.3) is 0 Å². The van der Waals surface area contributed by atoms with Crippen molar-refractivity contribution < 1.29 is 5.11 Å². The SMILES string of the molecule is CN(CCCCCO)C1CCCCCCC1. The number of aliphatic hydroxyl groups excluding tert-OH is 1. The van der Waals surface area contributed by atoms with Crippen molar-refractivity contribution in [2.24, 2.45) is 0 Å². The van der Waals surface area contributed by atoms with Crippen molar-refractivity contribution in [1.29, 1.82) is 0 Å². The van der Waals surface area contributed by atoms with Gasteiger partial charge in [-0.25, -0.2) is 0 Å². The van der Waals surface area contributed by atoms with Crippen molar-refractivity contribution in [3.8, 4) is 0 Å². The molecule has 1 saturated carbocycles. The van der Waals surface area contributed by atoms with Crippen molar-refractivity contribution in [2.75, 3.05) is 20.2 Å². The topological polar surface area (TPSA) is 23.5 Å². The van der Waals surface area contributed by atoms with Gasteiger partial charge in [0.15, 0.2) is 0 Å². The number of rotatable bonds is 6. The zero-order valence-corrected chi connectivity index (χ0v) is 11.0. The van der Waals surface area contributed by atoms with Gasteiger partial charge in [0, 0.05) is 12.6 Å². The third-order valence-corrected chi connectivity index (χ3v) is 3.87. The Hall–Kier alpha value is -0.0800. The molecule has 1 aliphatic rings. The molecule has 2 nitrogen and oxygen atoms in total. The van der Waals surface area contributed by atoms with E-state index in [2.05, 4.69) is 11.9 Å². The van der Waals surface area contributed by atoms with Gasteiger partial charge in [-0.2, -0.15) is 0 Å². The van der Waals surface area contributed by atoms with Gasteiger partial charge >= 0.3 is 0 Å². The summed E-state index contributed by atoms with van der Waals surface area (Å²) in [6, 6.07) is 0.828. The van der Waals surface area contributed by atoms with Gasteiger partial charge in [0.2, 0.25) is 0 Å². The molecule has 0 bridgehead atoms. The maximum atomic E-state index is 8.74. The van der Waals surface area contributed by atoms with E-state index in [-0.39, 0.29) is 0 Å². The molecule has 0 atom stereocenters. The predicted octanol–water partition coefficient (Wildman–Crippen LogP) is 3.19. The molecule has 0 aliphatic heterocycles. The van der Waals surface area contributed by atoms with Crippen LogP contribution in [0.1, 0.15) is 64.2 Å². The van der Waals surface area contributed by atoms with Crippen LogP contribution in [0.3, 0.4) is 0 Å². The highest BCUT2D eigenvalue weighted by Gasteiger charge is 2.15. The number of hydrogen-bond acceptors (Lipinski definition) is 2. The van der Waals surface area contributed by atoms with E-state index in [4.69, 9.17) is 5.11 Å². The summed E-state index contributed by atoms with van der Waals surface area (Å²) in [6.07, 6.45) is 13.4. The quantitative estimate of drug-likeness (QED) is 0.704. The fourth-order valence-electron chi connectivity index (χ4n) is 2.71. The van der Waals surface area contributed by atoms with E-state index in [1.165, 1.54) is 64.3 Å². The molecule has 1 N–H and O–H groups in total. The molecule has 2 heteroatoms. The summed E-state index contributed by atoms with van der Waals surface area (Å²) in [6.45, 7) is 1.57. The van der Waals surface area contributed by atoms with Crippen LogP contribution in [0.2, 0.25) is 0 Å². The van der Waals surface area contributed by atoms with Crippen molar-refractivity contribution in [3.05, 3.63) is 0 Å². The Morgan fingerprint density at radius 2 is 1.56 bits per heavy atom. The summed E-state index contributed by atoms with van der Waals surface area (Å²) < 4.78 is 0. The van der Waals surface area contributed by atoms with E-state index in [1.807, 2.05) is 0 Å². The summed E-state index contributed by atoms with van der Waals surface area (Å²) >= 11 is 0. The molecule has 0 aromatic heterocycles. The van der Waals surface area contributed by atoms with Crippen LogP contribution in [0.5, 0.6) is 0 Å². The van der Waals surface area contributed by atoms with E-state index in [1.54, 1.807) is 0 Å². The van der Waals surface area contributed by atoms with Gasteiger partial charge in [0.1, 0.15) is 0 Å². The summed E-state index contributed by atoms with van der Waals surface area (Å²) in [5, 5.41) is 8.74. The average molecular weight is 227 g/mol. The highest BCUT2D eigenvalue weighted by molar-refractivity contribution is 4.71. The van der Waals surface area contributed by atoms with Gasteiger partial charge < -0.3 is 10.0 Å². The second-order valence-corrected chi connectivity index (χ2v) is 5.26. The standard InChI is InChI=1S/C14H29NO/c1-15(12-8-5-9-13-16)14-10-6-3-2-4-7-11-14/h14,16H,2-13H2,1H3. The first-order chi connectivity index (χ1) is 7.84. The highest BCUT2D eigenvalue weighted by atomic mass is 16.2. The zero-order chi connectivity index (χ0) is 11.6. The van der Waals surface area contributed by atoms with Gasteiger partial charge in [-0.15, -0.1) is 0 Å². The van der Waals surface area contributed by atoms with Crippen LogP contribution >= 0.6 is 0 Å². The molecular formula is C14H29NO. The maximum absolute atomic E-state index is 8.74. The molecule has 96 valence electrons. The van der Waals surface area contributed by atoms with Gasteiger partial charge in [-0.3, -0.25) is 0 Å². The Morgan fingerprint density at radius 1 is 0.938 bits per heavy atom. The first kappa shape index (κ1) is 14.0. The minimum Gasteiger partial charge on any atom is -0.396 e. The largest absolute Gasteiger partial charge is 0.396 e. The molecule has 0 radical (unpaired) electrons. The lowest BCUT2D eigenvalue weighted by molar-refractivity contribution is 0.196. The lowest BCUT2D eigenvalue weighted by Gasteiger charge is -2.29. The molecule has 0 aromatic carbocycles. The molecule has 16 heavy (non-hydrogen) atoms. The Morgan fingerprint density at radius 3 is 2.19 bits per heavy atom. The van der Waals surface area contributed by atoms with E-state index >= 15 is 0 Å². The minimum absolute atomic E-state index is 0.354. The Labute approximate surface area is 101 Å². The zero-order valence-electron chi connectivity index (χ0n) is 11.0. The van der Waals surface area contributed by atoms with Gasteiger partial charge in [0.05, 0.1) is 0 Å². The van der Waals surface area contributed by atoms with Crippen LogP contribution in [0, 0.1) is 0 Å². The third kappa shape index (κ3) is 5.86. The molecule has 0 heterocycles. The summed E-state index contributed by atoms with van der Waals surface area (Å²) in [5.41, 5.74) is 0. The van der Waals surface area contributed by atoms with Crippen LogP contribution < -0.4 is 0 Å². The normalized spacial score (nSPS) is 19.7. The fraction of sp³-hybridized carbons (Fsp3) is 1.00. The summed E-state index contributed by atoms with van der Waals surface area (Å²) in [4.78, 5) is 2.56. The molecule has 0 spiro atoms. The molecule has 0 aromatic rings.